The van der Waals surface area contributed by atoms with E-state index in [0.29, 0.717) is 5.56 Å². The molecule has 0 aliphatic heterocycles. The van der Waals surface area contributed by atoms with Crippen LogP contribution < -0.4 is 4.72 Å². The van der Waals surface area contributed by atoms with Crippen molar-refractivity contribution in [1.29, 1.82) is 0 Å². The maximum atomic E-state index is 13.6. The molecule has 0 saturated heterocycles. The Kier molecular flexibility index (Phi) is 4.42. The van der Waals surface area contributed by atoms with Crippen LogP contribution in [0.15, 0.2) is 71.6 Å². The van der Waals surface area contributed by atoms with Crippen molar-refractivity contribution in [3.05, 3.63) is 78.1 Å². The number of rotatable bonds is 5. The summed E-state index contributed by atoms with van der Waals surface area (Å²) in [6.07, 6.45) is 0. The predicted octanol–water partition coefficient (Wildman–Crippen LogP) is 3.14. The number of carbonyl (C=O) groups excluding carboxylic acids is 1. The quantitative estimate of drug-likeness (QED) is 0.724. The van der Waals surface area contributed by atoms with Crippen LogP contribution in [0.4, 0.5) is 4.39 Å². The second kappa shape index (κ2) is 6.51. The van der Waals surface area contributed by atoms with E-state index in [-0.39, 0.29) is 5.78 Å². The van der Waals surface area contributed by atoms with Crippen molar-refractivity contribution in [2.45, 2.75) is 4.90 Å². The number of carbonyl (C=O) groups is 1. The molecular weight excluding hydrogens is 329 g/mol. The van der Waals surface area contributed by atoms with Gasteiger partial charge in [0.05, 0.1) is 6.54 Å². The molecule has 0 fully saturated rings. The van der Waals surface area contributed by atoms with Gasteiger partial charge in [0.15, 0.2) is 5.78 Å². The Morgan fingerprint density at radius 1 is 0.917 bits per heavy atom. The van der Waals surface area contributed by atoms with Gasteiger partial charge in [0.25, 0.3) is 0 Å². The van der Waals surface area contributed by atoms with Gasteiger partial charge in [-0.15, -0.1) is 0 Å². The Morgan fingerprint density at radius 2 is 1.58 bits per heavy atom. The lowest BCUT2D eigenvalue weighted by Gasteiger charge is -2.07. The Labute approximate surface area is 139 Å². The molecule has 6 heteroatoms. The van der Waals surface area contributed by atoms with E-state index in [1.165, 1.54) is 12.1 Å². The van der Waals surface area contributed by atoms with Gasteiger partial charge in [0.2, 0.25) is 10.0 Å². The van der Waals surface area contributed by atoms with Gasteiger partial charge in [-0.2, -0.15) is 0 Å². The molecule has 1 N–H and O–H groups in total. The zero-order valence-electron chi connectivity index (χ0n) is 12.6. The zero-order chi connectivity index (χ0) is 17.2. The molecule has 3 aromatic carbocycles. The summed E-state index contributed by atoms with van der Waals surface area (Å²) in [7, 11) is -4.08. The van der Waals surface area contributed by atoms with E-state index in [1.807, 2.05) is 24.3 Å². The van der Waals surface area contributed by atoms with Crippen molar-refractivity contribution >= 4 is 26.6 Å². The van der Waals surface area contributed by atoms with E-state index in [4.69, 9.17) is 0 Å². The topological polar surface area (TPSA) is 63.2 Å². The van der Waals surface area contributed by atoms with Gasteiger partial charge >= 0.3 is 0 Å². The first kappa shape index (κ1) is 16.3. The first-order valence-corrected chi connectivity index (χ1v) is 8.72. The average Bonchev–Trinajstić information content (AvgIpc) is 2.59. The largest absolute Gasteiger partial charge is 0.293 e. The Balaban J connectivity index is 1.78. The molecule has 0 aliphatic carbocycles. The van der Waals surface area contributed by atoms with Crippen molar-refractivity contribution in [1.82, 2.24) is 4.72 Å². The standard InChI is InChI=1S/C18H14FNO3S/c19-16-7-3-4-8-18(16)24(22,23)20-12-17(21)15-10-9-13-5-1-2-6-14(13)11-15/h1-11,20H,12H2. The summed E-state index contributed by atoms with van der Waals surface area (Å²) in [5, 5.41) is 1.88. The Hall–Kier alpha value is -2.57. The first-order valence-electron chi connectivity index (χ1n) is 7.23. The fourth-order valence-corrected chi connectivity index (χ4v) is 3.42. The molecule has 0 unspecified atom stereocenters. The number of hydrogen-bond acceptors (Lipinski definition) is 3. The van der Waals surface area contributed by atoms with Crippen LogP contribution in [-0.4, -0.2) is 20.7 Å². The van der Waals surface area contributed by atoms with E-state index in [9.17, 15) is 17.6 Å². The molecule has 3 aromatic rings. The maximum absolute atomic E-state index is 13.6. The highest BCUT2D eigenvalue weighted by molar-refractivity contribution is 7.89. The molecule has 0 radical (unpaired) electrons. The summed E-state index contributed by atoms with van der Waals surface area (Å²) in [6.45, 7) is -0.436. The highest BCUT2D eigenvalue weighted by atomic mass is 32.2. The Morgan fingerprint density at radius 3 is 2.33 bits per heavy atom. The number of sulfonamides is 1. The van der Waals surface area contributed by atoms with E-state index in [1.54, 1.807) is 18.2 Å². The minimum absolute atomic E-state index is 0.388. The van der Waals surface area contributed by atoms with Gasteiger partial charge < -0.3 is 0 Å². The number of hydrogen-bond donors (Lipinski definition) is 1. The lowest BCUT2D eigenvalue weighted by atomic mass is 10.0. The van der Waals surface area contributed by atoms with Crippen LogP contribution in [-0.2, 0) is 10.0 Å². The zero-order valence-corrected chi connectivity index (χ0v) is 13.4. The third-order valence-electron chi connectivity index (χ3n) is 3.62. The molecule has 0 aromatic heterocycles. The van der Waals surface area contributed by atoms with Crippen molar-refractivity contribution in [2.24, 2.45) is 0 Å². The summed E-state index contributed by atoms with van der Waals surface area (Å²) >= 11 is 0. The van der Waals surface area contributed by atoms with Gasteiger partial charge in [-0.25, -0.2) is 17.5 Å². The molecule has 0 bridgehead atoms. The van der Waals surface area contributed by atoms with Crippen molar-refractivity contribution in [2.75, 3.05) is 6.54 Å². The van der Waals surface area contributed by atoms with Crippen molar-refractivity contribution in [3.8, 4) is 0 Å². The summed E-state index contributed by atoms with van der Waals surface area (Å²) in [5.74, 6) is -1.25. The molecule has 0 atom stereocenters. The van der Waals surface area contributed by atoms with Gasteiger partial charge in [0, 0.05) is 5.56 Å². The number of halogens is 1. The molecule has 3 rings (SSSR count). The molecule has 0 aliphatic rings. The van der Waals surface area contributed by atoms with E-state index in [0.717, 1.165) is 22.9 Å². The highest BCUT2D eigenvalue weighted by Crippen LogP contribution is 2.16. The average molecular weight is 343 g/mol. The van der Waals surface area contributed by atoms with Crippen LogP contribution in [0.25, 0.3) is 10.8 Å². The van der Waals surface area contributed by atoms with E-state index < -0.39 is 27.3 Å². The lowest BCUT2D eigenvalue weighted by molar-refractivity contribution is 0.0997. The van der Waals surface area contributed by atoms with E-state index >= 15 is 0 Å². The number of ketones is 1. The summed E-state index contributed by atoms with van der Waals surface area (Å²) < 4.78 is 39.9. The molecule has 0 spiro atoms. The van der Waals surface area contributed by atoms with Crippen LogP contribution in [0.3, 0.4) is 0 Å². The second-order valence-corrected chi connectivity index (χ2v) is 6.98. The van der Waals surface area contributed by atoms with E-state index in [2.05, 4.69) is 4.72 Å². The maximum Gasteiger partial charge on any atom is 0.243 e. The first-order chi connectivity index (χ1) is 11.5. The molecule has 0 amide bonds. The third kappa shape index (κ3) is 3.34. The van der Waals surface area contributed by atoms with Crippen LogP contribution >= 0.6 is 0 Å². The van der Waals surface area contributed by atoms with Gasteiger partial charge in [-0.3, -0.25) is 4.79 Å². The van der Waals surface area contributed by atoms with Crippen LogP contribution in [0.5, 0.6) is 0 Å². The van der Waals surface area contributed by atoms with Crippen LogP contribution in [0.1, 0.15) is 10.4 Å². The van der Waals surface area contributed by atoms with Gasteiger partial charge in [-0.05, 0) is 29.0 Å². The summed E-state index contributed by atoms with van der Waals surface area (Å²) in [4.78, 5) is 11.8. The SMILES string of the molecule is O=C(CNS(=O)(=O)c1ccccc1F)c1ccc2ccccc2c1. The number of benzene rings is 3. The van der Waals surface area contributed by atoms with Crippen molar-refractivity contribution in [3.63, 3.8) is 0 Å². The minimum Gasteiger partial charge on any atom is -0.293 e. The monoisotopic (exact) mass is 343 g/mol. The third-order valence-corrected chi connectivity index (χ3v) is 5.05. The number of Topliss-reactive ketones (excluding diaryl/α,β-unsaturated/α-hetero) is 1. The fraction of sp³-hybridized carbons (Fsp3) is 0.0556. The molecule has 24 heavy (non-hydrogen) atoms. The molecular formula is C18H14FNO3S. The number of fused-ring (bicyclic) bond motifs is 1. The minimum atomic E-state index is -4.08. The molecule has 0 heterocycles. The van der Waals surface area contributed by atoms with Gasteiger partial charge in [-0.1, -0.05) is 48.5 Å². The van der Waals surface area contributed by atoms with Crippen molar-refractivity contribution < 1.29 is 17.6 Å². The highest BCUT2D eigenvalue weighted by Gasteiger charge is 2.19. The predicted molar refractivity (Wildman–Crippen MR) is 89.9 cm³/mol. The molecule has 4 nitrogen and oxygen atoms in total. The smallest absolute Gasteiger partial charge is 0.243 e. The number of nitrogens with one attached hydrogen (secondary N) is 1. The summed E-state index contributed by atoms with van der Waals surface area (Å²) in [5.41, 5.74) is 0.393. The second-order valence-electron chi connectivity index (χ2n) is 5.24. The molecule has 122 valence electrons. The normalized spacial score (nSPS) is 11.5. The van der Waals surface area contributed by atoms with Crippen LogP contribution in [0, 0.1) is 5.82 Å². The van der Waals surface area contributed by atoms with Gasteiger partial charge in [0.1, 0.15) is 10.7 Å². The molecule has 0 saturated carbocycles. The fourth-order valence-electron chi connectivity index (χ4n) is 2.37. The lowest BCUT2D eigenvalue weighted by Crippen LogP contribution is -2.30. The van der Waals surface area contributed by atoms with Crippen LogP contribution in [0.2, 0.25) is 0 Å². The summed E-state index contributed by atoms with van der Waals surface area (Å²) in [6, 6.07) is 17.7. The Bertz CT molecular complexity index is 1020.